The molecule has 2 rings (SSSR count). The van der Waals surface area contributed by atoms with E-state index in [9.17, 15) is 10.1 Å². The van der Waals surface area contributed by atoms with Crippen LogP contribution < -0.4 is 0 Å². The van der Waals surface area contributed by atoms with Gasteiger partial charge in [0.15, 0.2) is 0 Å². The van der Waals surface area contributed by atoms with Crippen LogP contribution in [0.15, 0.2) is 4.47 Å². The van der Waals surface area contributed by atoms with Gasteiger partial charge < -0.3 is 0 Å². The van der Waals surface area contributed by atoms with Gasteiger partial charge in [0, 0.05) is 6.04 Å². The van der Waals surface area contributed by atoms with Crippen LogP contribution in [0.4, 0.5) is 5.69 Å². The molecule has 0 spiro atoms. The molecular formula is C12H16BrN5O2. The number of aryl methyl sites for hydroxylation is 2. The van der Waals surface area contributed by atoms with Gasteiger partial charge in [0.25, 0.3) is 0 Å². The van der Waals surface area contributed by atoms with Crippen molar-refractivity contribution in [3.05, 3.63) is 31.7 Å². The van der Waals surface area contributed by atoms with Crippen LogP contribution in [0, 0.1) is 30.9 Å². The first kappa shape index (κ1) is 14.7. The summed E-state index contributed by atoms with van der Waals surface area (Å²) in [6.45, 7) is 9.21. The Balaban J connectivity index is 2.83. The highest BCUT2D eigenvalue weighted by molar-refractivity contribution is 9.10. The fourth-order valence-electron chi connectivity index (χ4n) is 2.13. The summed E-state index contributed by atoms with van der Waals surface area (Å²) in [5, 5.41) is 20.0. The first-order chi connectivity index (χ1) is 9.25. The lowest BCUT2D eigenvalue weighted by atomic mass is 10.3. The summed E-state index contributed by atoms with van der Waals surface area (Å²) < 4.78 is 4.07. The average molecular weight is 342 g/mol. The summed E-state index contributed by atoms with van der Waals surface area (Å²) in [5.74, 6) is 0.397. The van der Waals surface area contributed by atoms with Crippen molar-refractivity contribution < 1.29 is 4.92 Å². The maximum Gasteiger partial charge on any atom is 0.336 e. The summed E-state index contributed by atoms with van der Waals surface area (Å²) in [5.41, 5.74) is 1.98. The molecular weight excluding hydrogens is 326 g/mol. The zero-order valence-electron chi connectivity index (χ0n) is 12.0. The van der Waals surface area contributed by atoms with Crippen molar-refractivity contribution >= 4 is 21.6 Å². The smallest absolute Gasteiger partial charge is 0.258 e. The molecule has 0 fully saturated rings. The van der Waals surface area contributed by atoms with Gasteiger partial charge in [-0.1, -0.05) is 0 Å². The van der Waals surface area contributed by atoms with E-state index in [0.29, 0.717) is 11.5 Å². The Bertz CT molecular complexity index is 687. The maximum absolute atomic E-state index is 11.4. The van der Waals surface area contributed by atoms with E-state index in [1.807, 2.05) is 27.7 Å². The second-order valence-corrected chi connectivity index (χ2v) is 5.74. The lowest BCUT2D eigenvalue weighted by Gasteiger charge is -2.11. The third kappa shape index (κ3) is 2.13. The molecule has 0 saturated carbocycles. The summed E-state index contributed by atoms with van der Waals surface area (Å²) in [4.78, 5) is 11.0. The second kappa shape index (κ2) is 5.01. The summed E-state index contributed by atoms with van der Waals surface area (Å²) in [7, 11) is 0. The third-order valence-corrected chi connectivity index (χ3v) is 4.25. The highest BCUT2D eigenvalue weighted by Gasteiger charge is 2.30. The van der Waals surface area contributed by atoms with E-state index in [4.69, 9.17) is 0 Å². The first-order valence-electron chi connectivity index (χ1n) is 6.21. The molecule has 0 radical (unpaired) electrons. The monoisotopic (exact) mass is 341 g/mol. The minimum absolute atomic E-state index is 0.0000756. The molecule has 2 heterocycles. The minimum atomic E-state index is -0.402. The molecule has 0 saturated heterocycles. The highest BCUT2D eigenvalue weighted by atomic mass is 79.9. The highest BCUT2D eigenvalue weighted by Crippen LogP contribution is 2.32. The third-order valence-electron chi connectivity index (χ3n) is 3.10. The van der Waals surface area contributed by atoms with Gasteiger partial charge in [-0.05, 0) is 50.5 Å². The standard InChI is InChI=1S/C12H16BrN5O2/c1-6(2)16-12(11(18(19)20)8(4)15-16)17-9(5)10(13)7(3)14-17/h6H,1-5H3. The predicted octanol–water partition coefficient (Wildman–Crippen LogP) is 3.25. The van der Waals surface area contributed by atoms with Crippen LogP contribution in [0.3, 0.4) is 0 Å². The molecule has 0 aliphatic carbocycles. The van der Waals surface area contributed by atoms with E-state index in [1.165, 1.54) is 0 Å². The molecule has 2 aromatic heterocycles. The van der Waals surface area contributed by atoms with Crippen molar-refractivity contribution in [2.45, 2.75) is 40.7 Å². The van der Waals surface area contributed by atoms with Crippen LogP contribution in [0.1, 0.15) is 37.0 Å². The first-order valence-corrected chi connectivity index (χ1v) is 7.00. The Labute approximate surface area is 124 Å². The van der Waals surface area contributed by atoms with Crippen molar-refractivity contribution in [3.63, 3.8) is 0 Å². The number of nitrogens with zero attached hydrogens (tertiary/aromatic N) is 5. The van der Waals surface area contributed by atoms with Gasteiger partial charge in [-0.15, -0.1) is 0 Å². The van der Waals surface area contributed by atoms with Crippen LogP contribution >= 0.6 is 15.9 Å². The van der Waals surface area contributed by atoms with Crippen LogP contribution in [-0.2, 0) is 0 Å². The molecule has 2 aromatic rings. The van der Waals surface area contributed by atoms with Crippen LogP contribution in [0.5, 0.6) is 0 Å². The van der Waals surface area contributed by atoms with E-state index in [1.54, 1.807) is 16.3 Å². The lowest BCUT2D eigenvalue weighted by molar-refractivity contribution is -0.385. The van der Waals surface area contributed by atoms with Crippen LogP contribution in [-0.4, -0.2) is 24.5 Å². The summed E-state index contributed by atoms with van der Waals surface area (Å²) in [6.07, 6.45) is 0. The van der Waals surface area contributed by atoms with Gasteiger partial charge in [0.1, 0.15) is 5.69 Å². The number of rotatable bonds is 3. The second-order valence-electron chi connectivity index (χ2n) is 4.95. The quantitative estimate of drug-likeness (QED) is 0.634. The minimum Gasteiger partial charge on any atom is -0.258 e. The zero-order chi connectivity index (χ0) is 15.2. The number of halogens is 1. The molecule has 0 unspecified atom stereocenters. The summed E-state index contributed by atoms with van der Waals surface area (Å²) in [6, 6.07) is 0.0000756. The molecule has 0 aromatic carbocycles. The van der Waals surface area contributed by atoms with Crippen molar-refractivity contribution in [2.75, 3.05) is 0 Å². The van der Waals surface area contributed by atoms with E-state index in [-0.39, 0.29) is 11.7 Å². The Hall–Kier alpha value is -1.70. The largest absolute Gasteiger partial charge is 0.336 e. The van der Waals surface area contributed by atoms with Gasteiger partial charge in [-0.2, -0.15) is 10.2 Å². The molecule has 0 aliphatic rings. The Morgan fingerprint density at radius 3 is 2.20 bits per heavy atom. The van der Waals surface area contributed by atoms with Crippen LogP contribution in [0.2, 0.25) is 0 Å². The van der Waals surface area contributed by atoms with Gasteiger partial charge in [0.2, 0.25) is 5.82 Å². The zero-order valence-corrected chi connectivity index (χ0v) is 13.6. The molecule has 8 heteroatoms. The molecule has 0 atom stereocenters. The van der Waals surface area contributed by atoms with Crippen molar-refractivity contribution in [1.29, 1.82) is 0 Å². The average Bonchev–Trinajstić information content (AvgIpc) is 2.82. The fraction of sp³-hybridized carbons (Fsp3) is 0.500. The van der Waals surface area contributed by atoms with Gasteiger partial charge >= 0.3 is 5.69 Å². The van der Waals surface area contributed by atoms with E-state index >= 15 is 0 Å². The van der Waals surface area contributed by atoms with Crippen molar-refractivity contribution in [2.24, 2.45) is 0 Å². The SMILES string of the molecule is Cc1nn(-c2c([N+](=O)[O-])c(C)nn2C(C)C)c(C)c1Br. The van der Waals surface area contributed by atoms with Crippen molar-refractivity contribution in [1.82, 2.24) is 19.6 Å². The predicted molar refractivity (Wildman–Crippen MR) is 78.3 cm³/mol. The van der Waals surface area contributed by atoms with E-state index in [0.717, 1.165) is 15.9 Å². The summed E-state index contributed by atoms with van der Waals surface area (Å²) >= 11 is 3.44. The van der Waals surface area contributed by atoms with E-state index < -0.39 is 4.92 Å². The molecule has 7 nitrogen and oxygen atoms in total. The van der Waals surface area contributed by atoms with Gasteiger partial charge in [-0.3, -0.25) is 10.1 Å². The topological polar surface area (TPSA) is 78.8 Å². The number of nitro groups is 1. The fourth-order valence-corrected chi connectivity index (χ4v) is 2.37. The van der Waals surface area contributed by atoms with E-state index in [2.05, 4.69) is 26.1 Å². The molecule has 20 heavy (non-hydrogen) atoms. The molecule has 0 bridgehead atoms. The maximum atomic E-state index is 11.4. The molecule has 0 amide bonds. The van der Waals surface area contributed by atoms with Gasteiger partial charge in [-0.25, -0.2) is 9.36 Å². The van der Waals surface area contributed by atoms with Gasteiger partial charge in [0.05, 0.1) is 20.8 Å². The Morgan fingerprint density at radius 1 is 1.20 bits per heavy atom. The number of hydrogen-bond acceptors (Lipinski definition) is 4. The molecule has 0 N–H and O–H groups in total. The number of aromatic nitrogens is 4. The molecule has 108 valence electrons. The molecule has 0 aliphatic heterocycles. The van der Waals surface area contributed by atoms with Crippen LogP contribution in [0.25, 0.3) is 5.82 Å². The lowest BCUT2D eigenvalue weighted by Crippen LogP contribution is -2.13. The Morgan fingerprint density at radius 2 is 1.80 bits per heavy atom. The Kier molecular flexibility index (Phi) is 3.68. The van der Waals surface area contributed by atoms with Crippen molar-refractivity contribution in [3.8, 4) is 5.82 Å². The number of hydrogen-bond donors (Lipinski definition) is 0. The normalized spacial score (nSPS) is 11.3.